The summed E-state index contributed by atoms with van der Waals surface area (Å²) in [5.74, 6) is -0.0192. The Bertz CT molecular complexity index is 851. The number of methoxy groups -OCH3 is 1. The average Bonchev–Trinajstić information content (AvgIpc) is 2.96. The van der Waals surface area contributed by atoms with Crippen LogP contribution in [0.15, 0.2) is 59.2 Å². The zero-order chi connectivity index (χ0) is 18.0. The van der Waals surface area contributed by atoms with E-state index < -0.39 is 17.7 Å². The SMILES string of the molecule is COc1ccc(C=C2N=C(c3ccc(C(F)(F)F)cc3)OC2=O)cc1. The lowest BCUT2D eigenvalue weighted by atomic mass is 10.1. The molecule has 0 amide bonds. The zero-order valence-corrected chi connectivity index (χ0v) is 13.0. The van der Waals surface area contributed by atoms with Gasteiger partial charge in [-0.05, 0) is 48.0 Å². The smallest absolute Gasteiger partial charge is 0.416 e. The minimum Gasteiger partial charge on any atom is -0.497 e. The number of alkyl halides is 3. The Morgan fingerprint density at radius 3 is 2.24 bits per heavy atom. The molecular weight excluding hydrogens is 335 g/mol. The number of carbonyl (C=O) groups is 1. The van der Waals surface area contributed by atoms with Gasteiger partial charge in [0.15, 0.2) is 5.70 Å². The molecule has 4 nitrogen and oxygen atoms in total. The normalized spacial score (nSPS) is 15.9. The first-order valence-corrected chi connectivity index (χ1v) is 7.21. The topological polar surface area (TPSA) is 47.9 Å². The lowest BCUT2D eigenvalue weighted by Gasteiger charge is -2.06. The molecule has 1 aliphatic rings. The highest BCUT2D eigenvalue weighted by Gasteiger charge is 2.31. The van der Waals surface area contributed by atoms with Crippen LogP contribution in [0.3, 0.4) is 0 Å². The first-order chi connectivity index (χ1) is 11.9. The number of aliphatic imine (C=N–C) groups is 1. The summed E-state index contributed by atoms with van der Waals surface area (Å²) < 4.78 is 47.8. The van der Waals surface area contributed by atoms with Crippen molar-refractivity contribution < 1.29 is 27.4 Å². The van der Waals surface area contributed by atoms with Crippen LogP contribution < -0.4 is 4.74 Å². The quantitative estimate of drug-likeness (QED) is 0.621. The highest BCUT2D eigenvalue weighted by Crippen LogP contribution is 2.29. The molecular formula is C18H12F3NO3. The van der Waals surface area contributed by atoms with Gasteiger partial charge in [-0.3, -0.25) is 0 Å². The summed E-state index contributed by atoms with van der Waals surface area (Å²) in [6.07, 6.45) is -2.90. The van der Waals surface area contributed by atoms with Crippen molar-refractivity contribution in [1.82, 2.24) is 0 Å². The lowest BCUT2D eigenvalue weighted by Crippen LogP contribution is -2.08. The molecule has 1 heterocycles. The summed E-state index contributed by atoms with van der Waals surface area (Å²) >= 11 is 0. The molecule has 0 N–H and O–H groups in total. The summed E-state index contributed by atoms with van der Waals surface area (Å²) in [6, 6.07) is 11.2. The fourth-order valence-corrected chi connectivity index (χ4v) is 2.19. The zero-order valence-electron chi connectivity index (χ0n) is 13.0. The maximum atomic E-state index is 12.6. The number of ether oxygens (including phenoxy) is 2. The van der Waals surface area contributed by atoms with E-state index in [9.17, 15) is 18.0 Å². The third-order valence-electron chi connectivity index (χ3n) is 3.50. The molecule has 3 rings (SSSR count). The minimum absolute atomic E-state index is 0.0292. The van der Waals surface area contributed by atoms with E-state index in [0.717, 1.165) is 12.1 Å². The van der Waals surface area contributed by atoms with Gasteiger partial charge in [0.1, 0.15) is 5.75 Å². The predicted molar refractivity (Wildman–Crippen MR) is 85.0 cm³/mol. The van der Waals surface area contributed by atoms with Gasteiger partial charge >= 0.3 is 12.1 Å². The van der Waals surface area contributed by atoms with Crippen molar-refractivity contribution in [2.45, 2.75) is 6.18 Å². The van der Waals surface area contributed by atoms with E-state index >= 15 is 0 Å². The largest absolute Gasteiger partial charge is 0.497 e. The third kappa shape index (κ3) is 3.71. The molecule has 0 spiro atoms. The molecule has 0 fully saturated rings. The summed E-state index contributed by atoms with van der Waals surface area (Å²) in [4.78, 5) is 16.0. The molecule has 2 aromatic rings. The lowest BCUT2D eigenvalue weighted by molar-refractivity contribution is -0.137. The number of benzene rings is 2. The van der Waals surface area contributed by atoms with Crippen LogP contribution >= 0.6 is 0 Å². The van der Waals surface area contributed by atoms with Crippen LogP contribution in [0.5, 0.6) is 5.75 Å². The Morgan fingerprint density at radius 2 is 1.68 bits per heavy atom. The predicted octanol–water partition coefficient (Wildman–Crippen LogP) is 4.06. The van der Waals surface area contributed by atoms with Crippen molar-refractivity contribution in [2.75, 3.05) is 7.11 Å². The van der Waals surface area contributed by atoms with Crippen LogP contribution in [0, 0.1) is 0 Å². The second kappa shape index (κ2) is 6.43. The first-order valence-electron chi connectivity index (χ1n) is 7.21. The van der Waals surface area contributed by atoms with Crippen LogP contribution in [-0.4, -0.2) is 19.0 Å². The van der Waals surface area contributed by atoms with Gasteiger partial charge in [0.2, 0.25) is 5.90 Å². The Labute approximate surface area is 141 Å². The Morgan fingerprint density at radius 1 is 1.04 bits per heavy atom. The molecule has 0 saturated carbocycles. The van der Waals surface area contributed by atoms with Crippen LogP contribution in [0.4, 0.5) is 13.2 Å². The van der Waals surface area contributed by atoms with E-state index in [2.05, 4.69) is 4.99 Å². The van der Waals surface area contributed by atoms with Gasteiger partial charge in [0.25, 0.3) is 0 Å². The number of esters is 1. The maximum Gasteiger partial charge on any atom is 0.416 e. The summed E-state index contributed by atoms with van der Waals surface area (Å²) in [7, 11) is 1.54. The molecule has 7 heteroatoms. The number of nitrogens with zero attached hydrogens (tertiary/aromatic N) is 1. The molecule has 0 radical (unpaired) electrons. The molecule has 0 aromatic heterocycles. The standard InChI is InChI=1S/C18H12F3NO3/c1-24-14-8-2-11(3-9-14)10-15-17(23)25-16(22-15)12-4-6-13(7-5-12)18(19,20)21/h2-10H,1H3. The second-order valence-electron chi connectivity index (χ2n) is 5.18. The van der Waals surface area contributed by atoms with Crippen LogP contribution in [0.1, 0.15) is 16.7 Å². The second-order valence-corrected chi connectivity index (χ2v) is 5.18. The van der Waals surface area contributed by atoms with Gasteiger partial charge in [-0.15, -0.1) is 0 Å². The average molecular weight is 347 g/mol. The number of cyclic esters (lactones) is 1. The van der Waals surface area contributed by atoms with Crippen molar-refractivity contribution in [2.24, 2.45) is 4.99 Å². The molecule has 2 aromatic carbocycles. The van der Waals surface area contributed by atoms with E-state index in [1.165, 1.54) is 18.2 Å². The molecule has 128 valence electrons. The van der Waals surface area contributed by atoms with Gasteiger partial charge in [0.05, 0.1) is 12.7 Å². The van der Waals surface area contributed by atoms with Crippen molar-refractivity contribution >= 4 is 17.9 Å². The van der Waals surface area contributed by atoms with Crippen LogP contribution in [-0.2, 0) is 15.7 Å². The van der Waals surface area contributed by atoms with Gasteiger partial charge in [-0.25, -0.2) is 9.79 Å². The summed E-state index contributed by atoms with van der Waals surface area (Å²) in [5, 5.41) is 0. The number of carbonyl (C=O) groups excluding carboxylic acids is 1. The van der Waals surface area contributed by atoms with Gasteiger partial charge in [-0.2, -0.15) is 13.2 Å². The van der Waals surface area contributed by atoms with Gasteiger partial charge in [0, 0.05) is 5.56 Å². The van der Waals surface area contributed by atoms with Crippen molar-refractivity contribution in [1.29, 1.82) is 0 Å². The molecule has 0 atom stereocenters. The van der Waals surface area contributed by atoms with Crippen LogP contribution in [0.2, 0.25) is 0 Å². The van der Waals surface area contributed by atoms with Gasteiger partial charge in [-0.1, -0.05) is 12.1 Å². The Kier molecular flexibility index (Phi) is 4.31. The molecule has 0 aliphatic carbocycles. The van der Waals surface area contributed by atoms with E-state index in [4.69, 9.17) is 9.47 Å². The first kappa shape index (κ1) is 16.8. The summed E-state index contributed by atoms with van der Waals surface area (Å²) in [5.41, 5.74) is 0.292. The summed E-state index contributed by atoms with van der Waals surface area (Å²) in [6.45, 7) is 0. The van der Waals surface area contributed by atoms with Crippen molar-refractivity contribution in [3.8, 4) is 5.75 Å². The Balaban J connectivity index is 1.85. The Hall–Kier alpha value is -3.09. The third-order valence-corrected chi connectivity index (χ3v) is 3.50. The molecule has 0 unspecified atom stereocenters. The van der Waals surface area contributed by atoms with E-state index in [1.807, 2.05) is 0 Å². The molecule has 0 bridgehead atoms. The monoisotopic (exact) mass is 347 g/mol. The number of rotatable bonds is 3. The van der Waals surface area contributed by atoms with Crippen molar-refractivity contribution in [3.05, 3.63) is 70.9 Å². The number of hydrogen-bond acceptors (Lipinski definition) is 4. The molecule has 1 aliphatic heterocycles. The fourth-order valence-electron chi connectivity index (χ4n) is 2.19. The molecule has 25 heavy (non-hydrogen) atoms. The number of halogens is 3. The van der Waals surface area contributed by atoms with Gasteiger partial charge < -0.3 is 9.47 Å². The van der Waals surface area contributed by atoms with Crippen LogP contribution in [0.25, 0.3) is 6.08 Å². The highest BCUT2D eigenvalue weighted by atomic mass is 19.4. The number of hydrogen-bond donors (Lipinski definition) is 0. The minimum atomic E-state index is -4.42. The maximum absolute atomic E-state index is 12.6. The van der Waals surface area contributed by atoms with E-state index in [0.29, 0.717) is 16.9 Å². The van der Waals surface area contributed by atoms with Crippen molar-refractivity contribution in [3.63, 3.8) is 0 Å². The molecule has 0 saturated heterocycles. The highest BCUT2D eigenvalue weighted by molar-refractivity contribution is 6.12. The van der Waals surface area contributed by atoms with E-state index in [1.54, 1.807) is 31.4 Å². The fraction of sp³-hybridized carbons (Fsp3) is 0.111. The van der Waals surface area contributed by atoms with E-state index in [-0.39, 0.29) is 11.6 Å².